The van der Waals surface area contributed by atoms with Gasteiger partial charge in [0.05, 0.1) is 0 Å². The number of anilines is 2. The van der Waals surface area contributed by atoms with Gasteiger partial charge in [0.2, 0.25) is 0 Å². The first-order valence-electron chi connectivity index (χ1n) is 7.04. The van der Waals surface area contributed by atoms with E-state index in [4.69, 9.17) is 4.42 Å². The number of benzene rings is 2. The second-order valence-corrected chi connectivity index (χ2v) is 4.88. The molecule has 0 unspecified atom stereocenters. The maximum atomic E-state index is 12.2. The number of para-hydroxylation sites is 1. The van der Waals surface area contributed by atoms with E-state index >= 15 is 0 Å². The predicted molar refractivity (Wildman–Crippen MR) is 88.7 cm³/mol. The van der Waals surface area contributed by atoms with Crippen molar-refractivity contribution >= 4 is 34.3 Å². The normalized spacial score (nSPS) is 10.3. The smallest absolute Gasteiger partial charge is 0.318 e. The first-order valence-corrected chi connectivity index (χ1v) is 7.04. The van der Waals surface area contributed by atoms with Crippen molar-refractivity contribution in [1.29, 1.82) is 0 Å². The van der Waals surface area contributed by atoms with Crippen molar-refractivity contribution in [1.82, 2.24) is 5.32 Å². The zero-order valence-electron chi connectivity index (χ0n) is 12.4. The molecule has 0 atom stereocenters. The molecule has 116 valence electrons. The molecule has 1 aromatic heterocycles. The quantitative estimate of drug-likeness (QED) is 0.693. The Morgan fingerprint density at radius 2 is 1.57 bits per heavy atom. The molecule has 0 aliphatic carbocycles. The van der Waals surface area contributed by atoms with Crippen LogP contribution < -0.4 is 16.0 Å². The highest BCUT2D eigenvalue weighted by Crippen LogP contribution is 2.20. The summed E-state index contributed by atoms with van der Waals surface area (Å²) in [6.07, 6.45) is 0. The van der Waals surface area contributed by atoms with Crippen molar-refractivity contribution in [2.24, 2.45) is 0 Å². The molecule has 23 heavy (non-hydrogen) atoms. The molecule has 0 aliphatic rings. The molecule has 3 rings (SSSR count). The summed E-state index contributed by atoms with van der Waals surface area (Å²) in [5.74, 6) is -0.0769. The Kier molecular flexibility index (Phi) is 3.97. The van der Waals surface area contributed by atoms with Gasteiger partial charge in [0.1, 0.15) is 5.58 Å². The molecule has 2 aromatic carbocycles. The second kappa shape index (κ2) is 6.23. The van der Waals surface area contributed by atoms with Crippen molar-refractivity contribution in [3.8, 4) is 0 Å². The maximum absolute atomic E-state index is 12.2. The first kappa shape index (κ1) is 14.6. The van der Waals surface area contributed by atoms with E-state index in [1.807, 2.05) is 24.3 Å². The second-order valence-electron chi connectivity index (χ2n) is 4.88. The third-order valence-electron chi connectivity index (χ3n) is 3.28. The van der Waals surface area contributed by atoms with E-state index in [2.05, 4.69) is 16.0 Å². The molecule has 1 heterocycles. The van der Waals surface area contributed by atoms with E-state index in [0.29, 0.717) is 17.0 Å². The molecule has 3 N–H and O–H groups in total. The van der Waals surface area contributed by atoms with Crippen molar-refractivity contribution in [2.75, 3.05) is 17.7 Å². The molecule has 6 nitrogen and oxygen atoms in total. The van der Waals surface area contributed by atoms with Crippen molar-refractivity contribution in [3.63, 3.8) is 0 Å². The Morgan fingerprint density at radius 3 is 2.22 bits per heavy atom. The average molecular weight is 309 g/mol. The van der Waals surface area contributed by atoms with Gasteiger partial charge in [-0.05, 0) is 36.4 Å². The Morgan fingerprint density at radius 1 is 0.913 bits per heavy atom. The lowest BCUT2D eigenvalue weighted by Crippen LogP contribution is -2.24. The predicted octanol–water partition coefficient (Wildman–Crippen LogP) is 3.44. The zero-order chi connectivity index (χ0) is 16.2. The summed E-state index contributed by atoms with van der Waals surface area (Å²) < 4.78 is 5.52. The van der Waals surface area contributed by atoms with Crippen LogP contribution in [0.1, 0.15) is 10.6 Å². The van der Waals surface area contributed by atoms with Gasteiger partial charge in [0, 0.05) is 23.8 Å². The fourth-order valence-electron chi connectivity index (χ4n) is 2.12. The van der Waals surface area contributed by atoms with Gasteiger partial charge < -0.3 is 20.4 Å². The van der Waals surface area contributed by atoms with E-state index in [-0.39, 0.29) is 17.7 Å². The highest BCUT2D eigenvalue weighted by molar-refractivity contribution is 6.04. The highest BCUT2D eigenvalue weighted by atomic mass is 16.3. The number of carbonyl (C=O) groups is 2. The van der Waals surface area contributed by atoms with Gasteiger partial charge in [0.25, 0.3) is 5.91 Å². The third-order valence-corrected chi connectivity index (χ3v) is 3.28. The maximum Gasteiger partial charge on any atom is 0.318 e. The van der Waals surface area contributed by atoms with Crippen LogP contribution in [0.5, 0.6) is 0 Å². The number of rotatable bonds is 3. The summed E-state index contributed by atoms with van der Waals surface area (Å²) in [7, 11) is 1.54. The zero-order valence-corrected chi connectivity index (χ0v) is 12.4. The number of furan rings is 1. The van der Waals surface area contributed by atoms with E-state index < -0.39 is 0 Å². The summed E-state index contributed by atoms with van der Waals surface area (Å²) in [5.41, 5.74) is 1.91. The van der Waals surface area contributed by atoms with E-state index in [0.717, 1.165) is 5.39 Å². The molecule has 0 saturated carbocycles. The van der Waals surface area contributed by atoms with Crippen LogP contribution in [0.15, 0.2) is 59.0 Å². The van der Waals surface area contributed by atoms with Gasteiger partial charge in [0.15, 0.2) is 5.76 Å². The summed E-state index contributed by atoms with van der Waals surface area (Å²) in [6.45, 7) is 0. The SMILES string of the molecule is CNC(=O)Nc1ccc(NC(=O)c2cc3ccccc3o2)cc1. The van der Waals surface area contributed by atoms with Crippen LogP contribution in [0.2, 0.25) is 0 Å². The molecule has 3 amide bonds. The molecule has 0 aliphatic heterocycles. The number of amides is 3. The van der Waals surface area contributed by atoms with Crippen LogP contribution in [0, 0.1) is 0 Å². The molecule has 6 heteroatoms. The van der Waals surface area contributed by atoms with Gasteiger partial charge in [-0.2, -0.15) is 0 Å². The number of carbonyl (C=O) groups excluding carboxylic acids is 2. The Labute approximate surface area is 132 Å². The molecule has 0 radical (unpaired) electrons. The van der Waals surface area contributed by atoms with Crippen LogP contribution >= 0.6 is 0 Å². The number of nitrogens with one attached hydrogen (secondary N) is 3. The lowest BCUT2D eigenvalue weighted by Gasteiger charge is -2.06. The van der Waals surface area contributed by atoms with Gasteiger partial charge >= 0.3 is 6.03 Å². The van der Waals surface area contributed by atoms with E-state index in [9.17, 15) is 9.59 Å². The first-order chi connectivity index (χ1) is 11.2. The van der Waals surface area contributed by atoms with Gasteiger partial charge in [-0.1, -0.05) is 18.2 Å². The highest BCUT2D eigenvalue weighted by Gasteiger charge is 2.12. The van der Waals surface area contributed by atoms with Crippen LogP contribution in [0.4, 0.5) is 16.2 Å². The largest absolute Gasteiger partial charge is 0.451 e. The molecule has 0 fully saturated rings. The van der Waals surface area contributed by atoms with Crippen LogP contribution in [0.25, 0.3) is 11.0 Å². The number of urea groups is 1. The van der Waals surface area contributed by atoms with Crippen molar-refractivity contribution in [2.45, 2.75) is 0 Å². The molecular formula is C17H15N3O3. The van der Waals surface area contributed by atoms with Gasteiger partial charge in [-0.15, -0.1) is 0 Å². The molecule has 0 bridgehead atoms. The van der Waals surface area contributed by atoms with Crippen LogP contribution in [-0.2, 0) is 0 Å². The minimum Gasteiger partial charge on any atom is -0.451 e. The minimum atomic E-state index is -0.326. The fraction of sp³-hybridized carbons (Fsp3) is 0.0588. The topological polar surface area (TPSA) is 83.4 Å². The lowest BCUT2D eigenvalue weighted by atomic mass is 10.2. The number of fused-ring (bicyclic) bond motifs is 1. The summed E-state index contributed by atoms with van der Waals surface area (Å²) in [4.78, 5) is 23.4. The summed E-state index contributed by atoms with van der Waals surface area (Å²) >= 11 is 0. The van der Waals surface area contributed by atoms with Crippen LogP contribution in [-0.4, -0.2) is 19.0 Å². The average Bonchev–Trinajstić information content (AvgIpc) is 3.00. The Balaban J connectivity index is 1.71. The summed E-state index contributed by atoms with van der Waals surface area (Å²) in [5, 5.41) is 8.73. The third kappa shape index (κ3) is 3.32. The number of hydrogen-bond acceptors (Lipinski definition) is 3. The fourth-order valence-corrected chi connectivity index (χ4v) is 2.12. The minimum absolute atomic E-state index is 0.249. The summed E-state index contributed by atoms with van der Waals surface area (Å²) in [6, 6.07) is 15.6. The van der Waals surface area contributed by atoms with Crippen molar-refractivity contribution in [3.05, 3.63) is 60.4 Å². The number of hydrogen-bond donors (Lipinski definition) is 3. The van der Waals surface area contributed by atoms with Crippen LogP contribution in [0.3, 0.4) is 0 Å². The Bertz CT molecular complexity index is 820. The van der Waals surface area contributed by atoms with E-state index in [1.165, 1.54) is 7.05 Å². The van der Waals surface area contributed by atoms with Gasteiger partial charge in [-0.3, -0.25) is 4.79 Å². The van der Waals surface area contributed by atoms with Gasteiger partial charge in [-0.25, -0.2) is 4.79 Å². The van der Waals surface area contributed by atoms with Crippen molar-refractivity contribution < 1.29 is 14.0 Å². The molecule has 0 spiro atoms. The molecule has 0 saturated heterocycles. The lowest BCUT2D eigenvalue weighted by molar-refractivity contribution is 0.0998. The standard InChI is InChI=1S/C17H15N3O3/c1-18-17(22)20-13-8-6-12(7-9-13)19-16(21)15-10-11-4-2-3-5-14(11)23-15/h2-10H,1H3,(H,19,21)(H2,18,20,22). The Hall–Kier alpha value is -3.28. The monoisotopic (exact) mass is 309 g/mol. The molecule has 3 aromatic rings. The molecular weight excluding hydrogens is 294 g/mol. The van der Waals surface area contributed by atoms with E-state index in [1.54, 1.807) is 30.3 Å².